The van der Waals surface area contributed by atoms with Crippen molar-refractivity contribution in [3.63, 3.8) is 0 Å². The highest BCUT2D eigenvalue weighted by atomic mass is 19.4. The number of piperazine rings is 3. The zero-order valence-corrected chi connectivity index (χ0v) is 70.5. The van der Waals surface area contributed by atoms with Gasteiger partial charge in [-0.05, 0) is 168 Å². The number of aromatic nitrogens is 3. The summed E-state index contributed by atoms with van der Waals surface area (Å²) in [6.07, 6.45) is -1.48. The highest BCUT2D eigenvalue weighted by Crippen LogP contribution is 2.44. The fourth-order valence-electron chi connectivity index (χ4n) is 15.0. The van der Waals surface area contributed by atoms with E-state index in [1.54, 1.807) is 110 Å². The molecule has 3 saturated heterocycles. The molecular formula is C95H113F9N10O8. The Bertz CT molecular complexity index is 4480. The van der Waals surface area contributed by atoms with Crippen molar-refractivity contribution in [2.75, 3.05) is 105 Å². The van der Waals surface area contributed by atoms with E-state index in [0.717, 1.165) is 145 Å². The zero-order valence-electron chi connectivity index (χ0n) is 70.5. The summed E-state index contributed by atoms with van der Waals surface area (Å²) in [6.45, 7) is 22.1. The lowest BCUT2D eigenvalue weighted by molar-refractivity contribution is -0.180. The lowest BCUT2D eigenvalue weighted by Crippen LogP contribution is -2.53. The van der Waals surface area contributed by atoms with E-state index >= 15 is 0 Å². The summed E-state index contributed by atoms with van der Waals surface area (Å²) in [5, 5.41) is 9.00. The van der Waals surface area contributed by atoms with Crippen molar-refractivity contribution in [3.05, 3.63) is 269 Å². The molecule has 3 aliphatic rings. The van der Waals surface area contributed by atoms with Crippen LogP contribution >= 0.6 is 0 Å². The maximum Gasteiger partial charge on any atom is 0.397 e. The van der Waals surface area contributed by atoms with Gasteiger partial charge in [-0.25, -0.2) is 0 Å². The van der Waals surface area contributed by atoms with Gasteiger partial charge in [-0.15, -0.1) is 0 Å². The molecule has 0 amide bonds. The molecule has 122 heavy (non-hydrogen) atoms. The first-order valence-corrected chi connectivity index (χ1v) is 41.4. The number of hydrogen-bond donors (Lipinski definition) is 2. The fourth-order valence-corrected chi connectivity index (χ4v) is 15.0. The topological polar surface area (TPSA) is 192 Å². The molecule has 3 N–H and O–H groups in total. The van der Waals surface area contributed by atoms with Crippen LogP contribution in [0.5, 0.6) is 0 Å². The molecule has 0 radical (unpaired) electrons. The third kappa shape index (κ3) is 27.1. The number of ether oxygens (including phenoxy) is 4. The summed E-state index contributed by atoms with van der Waals surface area (Å²) in [6, 6.07) is 56.0. The molecule has 3 unspecified atom stereocenters. The number of halogens is 9. The van der Waals surface area contributed by atoms with E-state index < -0.39 is 34.8 Å². The Morgan fingerprint density at radius 3 is 0.844 bits per heavy atom. The second kappa shape index (κ2) is 44.0. The number of benzene rings is 6. The molecule has 0 spiro atoms. The summed E-state index contributed by atoms with van der Waals surface area (Å²) in [5.41, 5.74) is 12.7. The van der Waals surface area contributed by atoms with Crippen LogP contribution in [-0.4, -0.2) is 209 Å². The maximum atomic E-state index is 13.4. The molecule has 0 aliphatic carbocycles. The Morgan fingerprint density at radius 2 is 0.598 bits per heavy atom. The molecule has 3 fully saturated rings. The molecule has 654 valence electrons. The first kappa shape index (κ1) is 94.4. The van der Waals surface area contributed by atoms with Crippen LogP contribution in [0.15, 0.2) is 219 Å². The molecule has 9 aromatic rings. The number of hydrogen-bond acceptors (Lipinski definition) is 18. The number of alkyl halides is 9. The summed E-state index contributed by atoms with van der Waals surface area (Å²) < 4.78 is 142. The Kier molecular flexibility index (Phi) is 34.1. The zero-order chi connectivity index (χ0) is 87.7. The van der Waals surface area contributed by atoms with Gasteiger partial charge in [-0.1, -0.05) is 146 Å². The van der Waals surface area contributed by atoms with E-state index in [1.807, 2.05) is 91.9 Å². The molecule has 6 aromatic carbocycles. The number of carbonyl (C=O) groups is 3. The van der Waals surface area contributed by atoms with E-state index in [1.165, 1.54) is 41.5 Å². The van der Waals surface area contributed by atoms with Crippen molar-refractivity contribution in [2.45, 2.75) is 160 Å². The van der Waals surface area contributed by atoms with Crippen molar-refractivity contribution in [1.82, 2.24) is 44.4 Å². The predicted octanol–water partition coefficient (Wildman–Crippen LogP) is 16.6. The second-order valence-electron chi connectivity index (χ2n) is 32.8. The monoisotopic (exact) mass is 1690 g/mol. The Hall–Kier alpha value is -9.81. The van der Waals surface area contributed by atoms with Gasteiger partial charge in [0.15, 0.2) is 0 Å². The molecule has 3 aromatic heterocycles. The Labute approximate surface area is 710 Å². The maximum absolute atomic E-state index is 13.4. The van der Waals surface area contributed by atoms with Crippen LogP contribution in [0.1, 0.15) is 118 Å². The number of nitrogens with two attached hydrogens (primary N) is 1. The number of aliphatic hydroxyl groups excluding tert-OH is 1. The first-order chi connectivity index (χ1) is 58.2. The predicted molar refractivity (Wildman–Crippen MR) is 453 cm³/mol. The van der Waals surface area contributed by atoms with Crippen molar-refractivity contribution in [2.24, 2.45) is 5.73 Å². The van der Waals surface area contributed by atoms with Gasteiger partial charge in [0.2, 0.25) is 0 Å². The second-order valence-corrected chi connectivity index (χ2v) is 32.8. The number of esters is 3. The van der Waals surface area contributed by atoms with Gasteiger partial charge in [0.25, 0.3) is 0 Å². The van der Waals surface area contributed by atoms with Crippen LogP contribution in [-0.2, 0) is 88.8 Å². The van der Waals surface area contributed by atoms with Gasteiger partial charge >= 0.3 is 36.4 Å². The molecule has 6 heterocycles. The highest BCUT2D eigenvalue weighted by molar-refractivity contribution is 5.72. The normalized spacial score (nSPS) is 17.0. The number of pyridine rings is 3. The highest BCUT2D eigenvalue weighted by Gasteiger charge is 2.50. The largest absolute Gasteiger partial charge is 0.464 e. The van der Waals surface area contributed by atoms with Crippen LogP contribution in [0, 0.1) is 0 Å². The van der Waals surface area contributed by atoms with Gasteiger partial charge < -0.3 is 29.8 Å². The molecule has 3 aliphatic heterocycles. The Balaban J connectivity index is 0.000000192. The van der Waals surface area contributed by atoms with Crippen LogP contribution in [0.3, 0.4) is 0 Å². The standard InChI is InChI=1S/C33H40F3N3O3.C31H37F3N4O2.C31H36F3N3O3/c1-4-41-19-20-42-31(40)21-30-24-38(17-18-39(30)23-26-13-15-37-16-14-26)22-25-5-7-27(8-6-25)28-9-11-29(12-10-28)32(2,3)33(34,35)36;1-30(2,31(32,33)34)27-9-7-26(8-10-27)25-5-3-23(4-6-25)20-37-16-17-38(21-24-11-14-36-15-12-24)28(22-37)19-29(39)40-18-13-35;1-30(2,31(32,33)34)27-9-7-26(8-10-27)25-5-3-23(4-6-25)20-36-15-16-37(21-24-11-13-35-14-12-24)28(22-36)19-29(39)40-18-17-38/h5-16,30H,4,17-24H2,1-3H3;3-12,14-15,28H,13,16-22,35H2,1-2H3;3-14,28,38H,15-22H2,1-2H3. The Morgan fingerprint density at radius 1 is 0.352 bits per heavy atom. The van der Waals surface area contributed by atoms with E-state index in [0.29, 0.717) is 52.2 Å². The number of aliphatic hydroxyl groups is 1. The number of nitrogens with zero attached hydrogens (tertiary/aromatic N) is 9. The van der Waals surface area contributed by atoms with E-state index in [4.69, 9.17) is 29.8 Å². The van der Waals surface area contributed by atoms with Crippen LogP contribution in [0.2, 0.25) is 0 Å². The van der Waals surface area contributed by atoms with E-state index in [9.17, 15) is 53.9 Å². The lowest BCUT2D eigenvalue weighted by atomic mass is 9.83. The molecule has 3 atom stereocenters. The fraction of sp³-hybridized carbons (Fsp3) is 0.432. The van der Waals surface area contributed by atoms with Gasteiger partial charge in [-0.3, -0.25) is 58.7 Å². The average Bonchev–Trinajstić information content (AvgIpc) is 0.795. The molecule has 27 heteroatoms. The number of rotatable bonds is 32. The van der Waals surface area contributed by atoms with Crippen LogP contribution < -0.4 is 5.73 Å². The minimum absolute atomic E-state index is 0.00486. The third-order valence-electron chi connectivity index (χ3n) is 23.1. The lowest BCUT2D eigenvalue weighted by Gasteiger charge is -2.41. The van der Waals surface area contributed by atoms with Crippen LogP contribution in [0.4, 0.5) is 39.5 Å². The van der Waals surface area contributed by atoms with Gasteiger partial charge in [-0.2, -0.15) is 39.5 Å². The van der Waals surface area contributed by atoms with Crippen molar-refractivity contribution >= 4 is 17.9 Å². The van der Waals surface area contributed by atoms with Gasteiger partial charge in [0, 0.05) is 167 Å². The third-order valence-corrected chi connectivity index (χ3v) is 23.1. The minimum atomic E-state index is -4.32. The summed E-state index contributed by atoms with van der Waals surface area (Å²) in [7, 11) is 0. The first-order valence-electron chi connectivity index (χ1n) is 41.4. The quantitative estimate of drug-likeness (QED) is 0.0175. The summed E-state index contributed by atoms with van der Waals surface area (Å²) in [5.74, 6) is -0.795. The van der Waals surface area contributed by atoms with Gasteiger partial charge in [0.1, 0.15) is 19.8 Å². The summed E-state index contributed by atoms with van der Waals surface area (Å²) in [4.78, 5) is 63.7. The minimum Gasteiger partial charge on any atom is -0.464 e. The molecule has 18 nitrogen and oxygen atoms in total. The molecule has 0 bridgehead atoms. The average molecular weight is 1690 g/mol. The summed E-state index contributed by atoms with van der Waals surface area (Å²) >= 11 is 0. The van der Waals surface area contributed by atoms with Crippen LogP contribution in [0.25, 0.3) is 33.4 Å². The number of carbonyl (C=O) groups excluding carboxylic acids is 3. The molecule has 12 rings (SSSR count). The van der Waals surface area contributed by atoms with Crippen molar-refractivity contribution < 1.29 is 78.0 Å². The van der Waals surface area contributed by atoms with E-state index in [-0.39, 0.29) is 85.6 Å². The van der Waals surface area contributed by atoms with Crippen molar-refractivity contribution in [3.8, 4) is 33.4 Å². The van der Waals surface area contributed by atoms with Crippen molar-refractivity contribution in [1.29, 1.82) is 0 Å². The smallest absolute Gasteiger partial charge is 0.397 e. The molecular weight excluding hydrogens is 1580 g/mol. The van der Waals surface area contributed by atoms with Gasteiger partial charge in [0.05, 0.1) is 48.7 Å². The van der Waals surface area contributed by atoms with E-state index in [2.05, 4.69) is 68.6 Å². The molecule has 0 saturated carbocycles. The SMILES string of the molecule is CC(C)(c1ccc(-c2ccc(CN3CCN(Cc4ccncc4)C(CC(=O)OCCN)C3)cc2)cc1)C(F)(F)F.CC(C)(c1ccc(-c2ccc(CN3CCN(Cc4ccncc4)C(CC(=O)OCCO)C3)cc2)cc1)C(F)(F)F.CCOCCOC(=O)CC1CN(Cc2ccc(-c3ccc(C(C)(C)C(F)(F)F)cc3)cc2)CCN1Cc1ccncc1.